The lowest BCUT2D eigenvalue weighted by atomic mass is 10.1. The van der Waals surface area contributed by atoms with Gasteiger partial charge in [0.2, 0.25) is 5.91 Å². The molecule has 2 rings (SSSR count). The Morgan fingerprint density at radius 3 is 2.53 bits per heavy atom. The van der Waals surface area contributed by atoms with Gasteiger partial charge < -0.3 is 15.0 Å². The Labute approximate surface area is 180 Å². The quantitative estimate of drug-likeness (QED) is 0.610. The number of aryl methyl sites for hydroxylation is 1. The van der Waals surface area contributed by atoms with Gasteiger partial charge in [-0.1, -0.05) is 42.8 Å². The highest BCUT2D eigenvalue weighted by atomic mass is 35.5. The van der Waals surface area contributed by atoms with Gasteiger partial charge in [0.15, 0.2) is 6.61 Å². The summed E-state index contributed by atoms with van der Waals surface area (Å²) in [6.45, 7) is 3.36. The number of carbonyl (C=O) groups is 3. The van der Waals surface area contributed by atoms with Gasteiger partial charge in [-0.15, -0.1) is 0 Å². The Kier molecular flexibility index (Phi) is 8.80. The lowest BCUT2D eigenvalue weighted by molar-refractivity contribution is -0.151. The predicted molar refractivity (Wildman–Crippen MR) is 113 cm³/mol. The van der Waals surface area contributed by atoms with E-state index in [1.165, 1.54) is 23.1 Å². The van der Waals surface area contributed by atoms with Crippen LogP contribution in [0.25, 0.3) is 0 Å². The fourth-order valence-electron chi connectivity index (χ4n) is 2.77. The van der Waals surface area contributed by atoms with Crippen LogP contribution in [0.4, 0.5) is 10.1 Å². The first-order valence-corrected chi connectivity index (χ1v) is 9.91. The van der Waals surface area contributed by atoms with Gasteiger partial charge in [0.1, 0.15) is 5.82 Å². The highest BCUT2D eigenvalue weighted by molar-refractivity contribution is 6.31. The fraction of sp³-hybridized carbons (Fsp3) is 0.318. The molecule has 2 aromatic carbocycles. The van der Waals surface area contributed by atoms with E-state index in [-0.39, 0.29) is 29.5 Å². The molecule has 30 heavy (non-hydrogen) atoms. The normalized spacial score (nSPS) is 10.4. The molecule has 0 unspecified atom stereocenters. The minimum atomic E-state index is -0.781. The molecule has 0 heterocycles. The van der Waals surface area contributed by atoms with E-state index in [0.717, 1.165) is 5.56 Å². The number of anilines is 1. The summed E-state index contributed by atoms with van der Waals surface area (Å²) in [6.07, 6.45) is 0.239. The van der Waals surface area contributed by atoms with Crippen molar-refractivity contribution in [1.82, 2.24) is 4.90 Å². The van der Waals surface area contributed by atoms with Crippen molar-refractivity contribution in [3.8, 4) is 0 Å². The molecule has 1 N–H and O–H groups in total. The van der Waals surface area contributed by atoms with Gasteiger partial charge in [0, 0.05) is 22.8 Å². The van der Waals surface area contributed by atoms with Gasteiger partial charge >= 0.3 is 5.97 Å². The van der Waals surface area contributed by atoms with Crippen LogP contribution >= 0.6 is 11.6 Å². The summed E-state index contributed by atoms with van der Waals surface area (Å²) in [6, 6.07) is 11.4. The molecule has 0 aliphatic carbocycles. The Morgan fingerprint density at radius 2 is 1.87 bits per heavy atom. The molecular weight excluding hydrogens is 411 g/mol. The standard InChI is InChI=1S/C22H24ClFN2O4/c1-3-11-26(13-20(27)25-19-10-5-4-7-15(19)2)21(28)14-30-22(29)12-16-17(23)8-6-9-18(16)24/h4-10H,3,11-14H2,1-2H3,(H,25,27). The molecule has 2 amide bonds. The number of carbonyl (C=O) groups excluding carboxylic acids is 3. The Balaban J connectivity index is 1.90. The van der Waals surface area contributed by atoms with Gasteiger partial charge in [0.05, 0.1) is 13.0 Å². The maximum absolute atomic E-state index is 13.8. The average Bonchev–Trinajstić information content (AvgIpc) is 2.70. The van der Waals surface area contributed by atoms with Crippen molar-refractivity contribution in [2.45, 2.75) is 26.7 Å². The van der Waals surface area contributed by atoms with Gasteiger partial charge in [0.25, 0.3) is 5.91 Å². The van der Waals surface area contributed by atoms with Crippen molar-refractivity contribution in [2.24, 2.45) is 0 Å². The third kappa shape index (κ3) is 6.84. The molecule has 0 saturated carbocycles. The molecule has 0 atom stereocenters. The van der Waals surface area contributed by atoms with Crippen LogP contribution in [0.3, 0.4) is 0 Å². The first-order chi connectivity index (χ1) is 14.3. The molecule has 8 heteroatoms. The summed E-state index contributed by atoms with van der Waals surface area (Å²) in [5.41, 5.74) is 1.58. The summed E-state index contributed by atoms with van der Waals surface area (Å²) >= 11 is 5.90. The minimum Gasteiger partial charge on any atom is -0.455 e. The number of amides is 2. The smallest absolute Gasteiger partial charge is 0.310 e. The molecule has 160 valence electrons. The zero-order chi connectivity index (χ0) is 22.1. The van der Waals surface area contributed by atoms with E-state index in [1.807, 2.05) is 26.0 Å². The first kappa shape index (κ1) is 23.3. The molecule has 0 radical (unpaired) electrons. The molecular formula is C22H24ClFN2O4. The highest BCUT2D eigenvalue weighted by Gasteiger charge is 2.20. The van der Waals surface area contributed by atoms with Gasteiger partial charge in [-0.25, -0.2) is 4.39 Å². The Morgan fingerprint density at radius 1 is 1.13 bits per heavy atom. The second-order valence-corrected chi connectivity index (χ2v) is 7.12. The Bertz CT molecular complexity index is 900. The maximum Gasteiger partial charge on any atom is 0.310 e. The Hall–Kier alpha value is -2.93. The molecule has 0 fully saturated rings. The van der Waals surface area contributed by atoms with Crippen molar-refractivity contribution in [2.75, 3.05) is 25.0 Å². The number of esters is 1. The van der Waals surface area contributed by atoms with Crippen LogP contribution in [0.2, 0.25) is 5.02 Å². The topological polar surface area (TPSA) is 75.7 Å². The van der Waals surface area contributed by atoms with E-state index >= 15 is 0 Å². The van der Waals surface area contributed by atoms with E-state index in [0.29, 0.717) is 18.7 Å². The molecule has 6 nitrogen and oxygen atoms in total. The van der Waals surface area contributed by atoms with Crippen molar-refractivity contribution >= 4 is 35.1 Å². The van der Waals surface area contributed by atoms with Gasteiger partial charge in [-0.05, 0) is 37.1 Å². The molecule has 0 aliphatic rings. The number of nitrogens with one attached hydrogen (secondary N) is 1. The molecule has 0 aliphatic heterocycles. The summed E-state index contributed by atoms with van der Waals surface area (Å²) in [5, 5.41) is 2.88. The largest absolute Gasteiger partial charge is 0.455 e. The molecule has 0 saturated heterocycles. The van der Waals surface area contributed by atoms with Crippen LogP contribution in [0.1, 0.15) is 24.5 Å². The number of rotatable bonds is 9. The van der Waals surface area contributed by atoms with Gasteiger partial charge in [-0.3, -0.25) is 14.4 Å². The van der Waals surface area contributed by atoms with E-state index in [2.05, 4.69) is 5.32 Å². The van der Waals surface area contributed by atoms with Crippen molar-refractivity contribution in [3.05, 3.63) is 64.4 Å². The third-order valence-corrected chi connectivity index (χ3v) is 4.69. The van der Waals surface area contributed by atoms with E-state index in [1.54, 1.807) is 12.1 Å². The number of ether oxygens (including phenoxy) is 1. The summed E-state index contributed by atoms with van der Waals surface area (Å²) < 4.78 is 18.8. The summed E-state index contributed by atoms with van der Waals surface area (Å²) in [5.74, 6) is -2.26. The number of halogens is 2. The third-order valence-electron chi connectivity index (χ3n) is 4.34. The molecule has 0 spiro atoms. The monoisotopic (exact) mass is 434 g/mol. The fourth-order valence-corrected chi connectivity index (χ4v) is 3.00. The number of benzene rings is 2. The van der Waals surface area contributed by atoms with Gasteiger partial charge in [-0.2, -0.15) is 0 Å². The van der Waals surface area contributed by atoms with Crippen molar-refractivity contribution in [1.29, 1.82) is 0 Å². The number of para-hydroxylation sites is 1. The van der Waals surface area contributed by atoms with Crippen LogP contribution < -0.4 is 5.32 Å². The van der Waals surface area contributed by atoms with Crippen LogP contribution in [0, 0.1) is 12.7 Å². The SMILES string of the molecule is CCCN(CC(=O)Nc1ccccc1C)C(=O)COC(=O)Cc1c(F)cccc1Cl. The lowest BCUT2D eigenvalue weighted by Gasteiger charge is -2.21. The van der Waals surface area contributed by atoms with E-state index in [4.69, 9.17) is 16.3 Å². The number of nitrogens with zero attached hydrogens (tertiary/aromatic N) is 1. The minimum absolute atomic E-state index is 0.0136. The molecule has 0 aromatic heterocycles. The van der Waals surface area contributed by atoms with E-state index < -0.39 is 24.3 Å². The summed E-state index contributed by atoms with van der Waals surface area (Å²) in [4.78, 5) is 38.1. The molecule has 0 bridgehead atoms. The number of hydrogen-bond acceptors (Lipinski definition) is 4. The zero-order valence-electron chi connectivity index (χ0n) is 16.9. The van der Waals surface area contributed by atoms with E-state index in [9.17, 15) is 18.8 Å². The van der Waals surface area contributed by atoms with Crippen LogP contribution in [0.15, 0.2) is 42.5 Å². The predicted octanol–water partition coefficient (Wildman–Crippen LogP) is 3.75. The molecule has 2 aromatic rings. The average molecular weight is 435 g/mol. The first-order valence-electron chi connectivity index (χ1n) is 9.53. The van der Waals surface area contributed by atoms with Crippen molar-refractivity contribution in [3.63, 3.8) is 0 Å². The highest BCUT2D eigenvalue weighted by Crippen LogP contribution is 2.19. The number of hydrogen-bond donors (Lipinski definition) is 1. The summed E-state index contributed by atoms with van der Waals surface area (Å²) in [7, 11) is 0. The zero-order valence-corrected chi connectivity index (χ0v) is 17.7. The van der Waals surface area contributed by atoms with Crippen LogP contribution in [0.5, 0.6) is 0 Å². The second-order valence-electron chi connectivity index (χ2n) is 6.72. The van der Waals surface area contributed by atoms with Crippen LogP contribution in [-0.2, 0) is 25.5 Å². The van der Waals surface area contributed by atoms with Crippen LogP contribution in [-0.4, -0.2) is 42.4 Å². The second kappa shape index (κ2) is 11.3. The maximum atomic E-state index is 13.8. The lowest BCUT2D eigenvalue weighted by Crippen LogP contribution is -2.41. The van der Waals surface area contributed by atoms with Crippen molar-refractivity contribution < 1.29 is 23.5 Å².